The van der Waals surface area contributed by atoms with Crippen LogP contribution in [0.4, 0.5) is 8.78 Å². The summed E-state index contributed by atoms with van der Waals surface area (Å²) in [6.45, 7) is 4.68. The van der Waals surface area contributed by atoms with E-state index in [-0.39, 0.29) is 17.4 Å². The minimum absolute atomic E-state index is 0.0111. The third-order valence-corrected chi connectivity index (χ3v) is 5.24. The highest BCUT2D eigenvalue weighted by Gasteiger charge is 2.48. The number of nitrogens with one attached hydrogen (secondary N) is 2. The summed E-state index contributed by atoms with van der Waals surface area (Å²) in [4.78, 5) is 14.3. The van der Waals surface area contributed by atoms with Gasteiger partial charge in [-0.05, 0) is 25.0 Å². The molecule has 1 amide bonds. The molecule has 6 heteroatoms. The van der Waals surface area contributed by atoms with Crippen molar-refractivity contribution in [3.8, 4) is 0 Å². The van der Waals surface area contributed by atoms with E-state index in [1.807, 2.05) is 38.1 Å². The van der Waals surface area contributed by atoms with Gasteiger partial charge in [0.15, 0.2) is 5.96 Å². The van der Waals surface area contributed by atoms with Gasteiger partial charge in [0.05, 0.1) is 11.5 Å². The van der Waals surface area contributed by atoms with E-state index in [1.54, 1.807) is 12.1 Å². The average Bonchev–Trinajstić information content (AvgIpc) is 2.59. The molecule has 1 saturated heterocycles. The maximum atomic E-state index is 13.6. The zero-order valence-corrected chi connectivity index (χ0v) is 15.8. The van der Waals surface area contributed by atoms with Crippen molar-refractivity contribution in [2.75, 3.05) is 7.05 Å². The number of likely N-dealkylation sites (N-methyl/N-ethyl adjacent to an activating group) is 1. The Balaban J connectivity index is 2.13. The molecule has 0 saturated carbocycles. The summed E-state index contributed by atoms with van der Waals surface area (Å²) in [7, 11) is 1.54. The Kier molecular flexibility index (Phi) is 4.54. The highest BCUT2D eigenvalue weighted by molar-refractivity contribution is 6.02. The summed E-state index contributed by atoms with van der Waals surface area (Å²) in [6, 6.07) is 13.6. The summed E-state index contributed by atoms with van der Waals surface area (Å²) < 4.78 is 27.1. The Morgan fingerprint density at radius 2 is 1.81 bits per heavy atom. The molecule has 0 spiro atoms. The largest absolute Gasteiger partial charge is 0.346 e. The fourth-order valence-electron chi connectivity index (χ4n) is 3.60. The molecule has 0 aliphatic carbocycles. The standard InChI is InChI=1S/C21H23F2N3O/c1-13-6-5-7-16(12-13)20(2)17(18(27)26(4)19(24)25-20)14-8-10-15(11-9-14)21(3,22)23/h5-12,17H,1-4H3,(H2,24,25)/t17-,20+/m0/s1. The highest BCUT2D eigenvalue weighted by atomic mass is 19.3. The molecular weight excluding hydrogens is 348 g/mol. The molecule has 142 valence electrons. The van der Waals surface area contributed by atoms with Gasteiger partial charge >= 0.3 is 0 Å². The minimum Gasteiger partial charge on any atom is -0.346 e. The molecule has 2 N–H and O–H groups in total. The summed E-state index contributed by atoms with van der Waals surface area (Å²) in [6.07, 6.45) is 0. The van der Waals surface area contributed by atoms with Crippen LogP contribution >= 0.6 is 0 Å². The van der Waals surface area contributed by atoms with Gasteiger partial charge in [0.25, 0.3) is 5.92 Å². The number of guanidine groups is 1. The lowest BCUT2D eigenvalue weighted by atomic mass is 9.73. The third kappa shape index (κ3) is 3.31. The number of nitrogens with zero attached hydrogens (tertiary/aromatic N) is 1. The molecule has 2 aromatic carbocycles. The lowest BCUT2D eigenvalue weighted by Gasteiger charge is -2.46. The van der Waals surface area contributed by atoms with Crippen LogP contribution < -0.4 is 5.32 Å². The van der Waals surface area contributed by atoms with Gasteiger partial charge in [0, 0.05) is 19.5 Å². The number of aryl methyl sites for hydroxylation is 1. The van der Waals surface area contributed by atoms with Gasteiger partial charge in [0.2, 0.25) is 5.91 Å². The van der Waals surface area contributed by atoms with Gasteiger partial charge in [-0.3, -0.25) is 15.1 Å². The maximum absolute atomic E-state index is 13.6. The first-order chi connectivity index (χ1) is 12.5. The second-order valence-electron chi connectivity index (χ2n) is 7.39. The second-order valence-corrected chi connectivity index (χ2v) is 7.39. The van der Waals surface area contributed by atoms with Gasteiger partial charge in [-0.1, -0.05) is 54.1 Å². The SMILES string of the molecule is Cc1cccc([C@@]2(C)NC(=N)N(C)C(=O)[C@@H]2c2ccc(C(C)(F)F)cc2)c1. The van der Waals surface area contributed by atoms with E-state index in [4.69, 9.17) is 5.41 Å². The number of alkyl halides is 2. The van der Waals surface area contributed by atoms with E-state index < -0.39 is 17.4 Å². The van der Waals surface area contributed by atoms with E-state index >= 15 is 0 Å². The summed E-state index contributed by atoms with van der Waals surface area (Å²) in [5.41, 5.74) is 1.56. The van der Waals surface area contributed by atoms with Crippen molar-refractivity contribution >= 4 is 11.9 Å². The fourth-order valence-corrected chi connectivity index (χ4v) is 3.60. The Labute approximate surface area is 157 Å². The first-order valence-electron chi connectivity index (χ1n) is 8.74. The van der Waals surface area contributed by atoms with Crippen molar-refractivity contribution in [1.82, 2.24) is 10.2 Å². The van der Waals surface area contributed by atoms with Crippen LogP contribution in [-0.4, -0.2) is 23.8 Å². The monoisotopic (exact) mass is 371 g/mol. The van der Waals surface area contributed by atoms with Crippen molar-refractivity contribution in [3.63, 3.8) is 0 Å². The van der Waals surface area contributed by atoms with Crippen LogP contribution in [0, 0.1) is 12.3 Å². The van der Waals surface area contributed by atoms with E-state index in [2.05, 4.69) is 5.32 Å². The maximum Gasteiger partial charge on any atom is 0.270 e. The molecule has 1 heterocycles. The minimum atomic E-state index is -2.94. The molecule has 1 aliphatic heterocycles. The number of benzene rings is 2. The van der Waals surface area contributed by atoms with Crippen LogP contribution in [0.5, 0.6) is 0 Å². The van der Waals surface area contributed by atoms with Gasteiger partial charge in [-0.15, -0.1) is 0 Å². The van der Waals surface area contributed by atoms with Crippen molar-refractivity contribution in [3.05, 3.63) is 70.8 Å². The molecule has 0 bridgehead atoms. The molecular formula is C21H23F2N3O. The van der Waals surface area contributed by atoms with Crippen LogP contribution in [0.3, 0.4) is 0 Å². The number of rotatable bonds is 3. The van der Waals surface area contributed by atoms with Crippen molar-refractivity contribution in [2.24, 2.45) is 0 Å². The van der Waals surface area contributed by atoms with Crippen LogP contribution in [0.2, 0.25) is 0 Å². The fraction of sp³-hybridized carbons (Fsp3) is 0.333. The molecule has 3 rings (SSSR count). The lowest BCUT2D eigenvalue weighted by molar-refractivity contribution is -0.131. The lowest BCUT2D eigenvalue weighted by Crippen LogP contribution is -2.62. The molecule has 0 radical (unpaired) electrons. The first kappa shape index (κ1) is 19.0. The van der Waals surface area contributed by atoms with Gasteiger partial charge in [-0.2, -0.15) is 0 Å². The quantitative estimate of drug-likeness (QED) is 0.853. The van der Waals surface area contributed by atoms with Crippen LogP contribution in [0.1, 0.15) is 42.0 Å². The summed E-state index contributed by atoms with van der Waals surface area (Å²) in [5.74, 6) is -3.83. The predicted octanol–water partition coefficient (Wildman–Crippen LogP) is 4.10. The Morgan fingerprint density at radius 1 is 1.19 bits per heavy atom. The Bertz CT molecular complexity index is 889. The predicted molar refractivity (Wildman–Crippen MR) is 101 cm³/mol. The van der Waals surface area contributed by atoms with Crippen LogP contribution in [0.15, 0.2) is 48.5 Å². The molecule has 2 aromatic rings. The van der Waals surface area contributed by atoms with Gasteiger partial charge in [-0.25, -0.2) is 8.78 Å². The van der Waals surface area contributed by atoms with Gasteiger partial charge < -0.3 is 5.32 Å². The number of halogens is 2. The zero-order chi connectivity index (χ0) is 20.0. The molecule has 0 aromatic heterocycles. The Morgan fingerprint density at radius 3 is 2.37 bits per heavy atom. The summed E-state index contributed by atoms with van der Waals surface area (Å²) in [5, 5.41) is 11.3. The van der Waals surface area contributed by atoms with E-state index in [1.165, 1.54) is 24.1 Å². The average molecular weight is 371 g/mol. The van der Waals surface area contributed by atoms with E-state index in [0.29, 0.717) is 5.56 Å². The normalized spacial score (nSPS) is 23.3. The topological polar surface area (TPSA) is 56.2 Å². The number of hydrogen-bond acceptors (Lipinski definition) is 2. The second kappa shape index (κ2) is 6.44. The van der Waals surface area contributed by atoms with Gasteiger partial charge in [0.1, 0.15) is 0 Å². The van der Waals surface area contributed by atoms with Crippen LogP contribution in [0.25, 0.3) is 0 Å². The summed E-state index contributed by atoms with van der Waals surface area (Å²) >= 11 is 0. The van der Waals surface area contributed by atoms with E-state index in [0.717, 1.165) is 18.1 Å². The third-order valence-electron chi connectivity index (χ3n) is 5.24. The number of amides is 1. The molecule has 27 heavy (non-hydrogen) atoms. The van der Waals surface area contributed by atoms with Crippen molar-refractivity contribution in [2.45, 2.75) is 38.2 Å². The van der Waals surface area contributed by atoms with Crippen molar-refractivity contribution in [1.29, 1.82) is 5.41 Å². The number of hydrogen-bond donors (Lipinski definition) is 2. The number of carbonyl (C=O) groups excluding carboxylic acids is 1. The molecule has 1 aliphatic rings. The first-order valence-corrected chi connectivity index (χ1v) is 8.74. The van der Waals surface area contributed by atoms with Crippen LogP contribution in [-0.2, 0) is 16.3 Å². The van der Waals surface area contributed by atoms with E-state index in [9.17, 15) is 13.6 Å². The number of carbonyl (C=O) groups is 1. The molecule has 1 fully saturated rings. The Hall–Kier alpha value is -2.76. The highest BCUT2D eigenvalue weighted by Crippen LogP contribution is 2.41. The zero-order valence-electron chi connectivity index (χ0n) is 15.8. The molecule has 4 nitrogen and oxygen atoms in total. The molecule has 0 unspecified atom stereocenters. The van der Waals surface area contributed by atoms with Crippen molar-refractivity contribution < 1.29 is 13.6 Å². The smallest absolute Gasteiger partial charge is 0.270 e. The molecule has 2 atom stereocenters.